The van der Waals surface area contributed by atoms with Crippen LogP contribution in [0.15, 0.2) is 18.2 Å². The maximum absolute atomic E-state index is 12.5. The van der Waals surface area contributed by atoms with Crippen molar-refractivity contribution in [1.82, 2.24) is 0 Å². The van der Waals surface area contributed by atoms with E-state index in [1.165, 1.54) is 0 Å². The van der Waals surface area contributed by atoms with Gasteiger partial charge in [0, 0.05) is 15.6 Å². The fourth-order valence-electron chi connectivity index (χ4n) is 2.35. The minimum atomic E-state index is -0.589. The van der Waals surface area contributed by atoms with Gasteiger partial charge in [-0.2, -0.15) is 13.5 Å². The van der Waals surface area contributed by atoms with E-state index in [9.17, 15) is 9.59 Å². The lowest BCUT2D eigenvalue weighted by molar-refractivity contribution is -0.162. The van der Waals surface area contributed by atoms with E-state index in [1.807, 2.05) is 13.8 Å². The molecule has 0 saturated carbocycles. The number of hydrogen-bond donors (Lipinski definition) is 0. The highest BCUT2D eigenvalue weighted by atomic mass is 35.5. The van der Waals surface area contributed by atoms with Crippen molar-refractivity contribution in [2.75, 3.05) is 0 Å². The fraction of sp³-hybridized carbons (Fsp3) is 0.579. The Morgan fingerprint density at radius 3 is 2.12 bits per heavy atom. The molecule has 0 saturated heterocycles. The van der Waals surface area contributed by atoms with E-state index in [0.717, 1.165) is 0 Å². The minimum Gasteiger partial charge on any atom is -0.460 e. The van der Waals surface area contributed by atoms with Gasteiger partial charge >= 0.3 is 11.9 Å². The Labute approximate surface area is 173 Å². The number of halogens is 2. The zero-order valence-electron chi connectivity index (χ0n) is 15.9. The molecule has 0 fully saturated rings. The first-order chi connectivity index (χ1) is 11.5. The van der Waals surface area contributed by atoms with E-state index in [-0.39, 0.29) is 32.4 Å². The van der Waals surface area contributed by atoms with Gasteiger partial charge < -0.3 is 9.47 Å². The molecule has 1 aromatic carbocycles. The van der Waals surface area contributed by atoms with Gasteiger partial charge in [0.2, 0.25) is 0 Å². The summed E-state index contributed by atoms with van der Waals surface area (Å²) in [5.74, 6) is -1.18. The van der Waals surface area contributed by atoms with Crippen molar-refractivity contribution in [2.24, 2.45) is 11.8 Å². The van der Waals surface area contributed by atoms with Crippen LogP contribution in [0.2, 0.25) is 10.0 Å². The number of benzene rings is 1. The monoisotopic (exact) mass is 422 g/mol. The minimum absolute atomic E-state index is 0. The van der Waals surface area contributed by atoms with Crippen LogP contribution in [0.4, 0.5) is 0 Å². The maximum Gasteiger partial charge on any atom is 0.309 e. The lowest BCUT2D eigenvalue weighted by Crippen LogP contribution is -2.28. The van der Waals surface area contributed by atoms with Gasteiger partial charge in [-0.3, -0.25) is 9.59 Å². The quantitative estimate of drug-likeness (QED) is 0.540. The van der Waals surface area contributed by atoms with Gasteiger partial charge in [0.05, 0.1) is 12.3 Å². The van der Waals surface area contributed by atoms with Gasteiger partial charge in [0.1, 0.15) is 12.2 Å². The van der Waals surface area contributed by atoms with Crippen molar-refractivity contribution >= 4 is 48.6 Å². The molecule has 0 radical (unpaired) electrons. The number of rotatable bonds is 7. The van der Waals surface area contributed by atoms with E-state index in [2.05, 4.69) is 0 Å². The van der Waals surface area contributed by atoms with Crippen molar-refractivity contribution in [3.05, 3.63) is 33.8 Å². The normalized spacial score (nSPS) is 12.3. The molecule has 0 bridgehead atoms. The van der Waals surface area contributed by atoms with Gasteiger partial charge in [-0.1, -0.05) is 43.1 Å². The van der Waals surface area contributed by atoms with Crippen molar-refractivity contribution in [1.29, 1.82) is 0 Å². The van der Waals surface area contributed by atoms with Crippen LogP contribution in [0.5, 0.6) is 0 Å². The third-order valence-corrected chi connectivity index (χ3v) is 4.05. The second-order valence-electron chi connectivity index (χ2n) is 7.42. The van der Waals surface area contributed by atoms with Gasteiger partial charge in [0.15, 0.2) is 0 Å². The average molecular weight is 423 g/mol. The molecule has 0 N–H and O–H groups in total. The Morgan fingerprint density at radius 2 is 1.65 bits per heavy atom. The summed E-state index contributed by atoms with van der Waals surface area (Å²) in [6, 6.07) is 5.09. The summed E-state index contributed by atoms with van der Waals surface area (Å²) in [6.07, 6.45) is 0.527. The van der Waals surface area contributed by atoms with Gasteiger partial charge in [-0.25, -0.2) is 0 Å². The van der Waals surface area contributed by atoms with Crippen molar-refractivity contribution in [2.45, 2.75) is 59.7 Å². The lowest BCUT2D eigenvalue weighted by atomic mass is 9.94. The van der Waals surface area contributed by atoms with E-state index >= 15 is 0 Å². The molecule has 7 heteroatoms. The molecule has 1 atom stereocenters. The van der Waals surface area contributed by atoms with Crippen LogP contribution in [0.3, 0.4) is 0 Å². The molecular weight excluding hydrogens is 395 g/mol. The Morgan fingerprint density at radius 1 is 1.12 bits per heavy atom. The number of esters is 2. The molecule has 1 rings (SSSR count). The van der Waals surface area contributed by atoms with Crippen molar-refractivity contribution in [3.63, 3.8) is 0 Å². The Kier molecular flexibility index (Phi) is 10.7. The van der Waals surface area contributed by atoms with Crippen LogP contribution in [-0.4, -0.2) is 17.5 Å². The highest BCUT2D eigenvalue weighted by Gasteiger charge is 2.27. The predicted molar refractivity (Wildman–Crippen MR) is 110 cm³/mol. The van der Waals surface area contributed by atoms with E-state index in [1.54, 1.807) is 39.0 Å². The largest absolute Gasteiger partial charge is 0.460 e. The van der Waals surface area contributed by atoms with Crippen LogP contribution < -0.4 is 0 Å². The second-order valence-corrected chi connectivity index (χ2v) is 8.24. The summed E-state index contributed by atoms with van der Waals surface area (Å²) < 4.78 is 10.7. The third kappa shape index (κ3) is 9.15. The first kappa shape index (κ1) is 25.1. The molecular formula is C19H28Cl2O4S. The number of carbonyl (C=O) groups is 2. The number of carbonyl (C=O) groups excluding carboxylic acids is 2. The molecule has 148 valence electrons. The Hall–Kier alpha value is -0.910. The smallest absolute Gasteiger partial charge is 0.309 e. The first-order valence-corrected chi connectivity index (χ1v) is 9.06. The second kappa shape index (κ2) is 11.1. The maximum atomic E-state index is 12.5. The highest BCUT2D eigenvalue weighted by molar-refractivity contribution is 7.59. The first-order valence-electron chi connectivity index (χ1n) is 8.31. The Bertz CT molecular complexity index is 592. The van der Waals surface area contributed by atoms with Gasteiger partial charge in [-0.15, -0.1) is 0 Å². The van der Waals surface area contributed by atoms with E-state index in [0.29, 0.717) is 22.0 Å². The molecule has 26 heavy (non-hydrogen) atoms. The summed E-state index contributed by atoms with van der Waals surface area (Å²) in [5, 5.41) is 0.876. The molecule has 1 aromatic rings. The van der Waals surface area contributed by atoms with Gasteiger partial charge in [0.25, 0.3) is 0 Å². The summed E-state index contributed by atoms with van der Waals surface area (Å²) in [4.78, 5) is 24.5. The SMILES string of the molecule is CC(C)C[C@H](CC(=O)OC(C)(C)C)C(=O)OCc1c(Cl)cccc1Cl.S. The molecule has 0 aliphatic rings. The molecule has 0 aromatic heterocycles. The van der Waals surface area contributed by atoms with Crippen molar-refractivity contribution < 1.29 is 19.1 Å². The summed E-state index contributed by atoms with van der Waals surface area (Å²) >= 11 is 12.2. The van der Waals surface area contributed by atoms with Crippen LogP contribution in [0, 0.1) is 11.8 Å². The lowest BCUT2D eigenvalue weighted by Gasteiger charge is -2.22. The van der Waals surface area contributed by atoms with E-state index in [4.69, 9.17) is 32.7 Å². The van der Waals surface area contributed by atoms with Crippen LogP contribution in [-0.2, 0) is 25.7 Å². The molecule has 0 spiro atoms. The van der Waals surface area contributed by atoms with Crippen molar-refractivity contribution in [3.8, 4) is 0 Å². The van der Waals surface area contributed by atoms with Crippen LogP contribution in [0.1, 0.15) is 53.0 Å². The molecule has 0 aliphatic carbocycles. The molecule has 0 unspecified atom stereocenters. The average Bonchev–Trinajstić information content (AvgIpc) is 2.43. The Balaban J connectivity index is 0.00000625. The molecule has 0 heterocycles. The standard InChI is InChI=1S/C19H26Cl2O4.H2S/c1-12(2)9-13(10-17(22)25-19(3,4)5)18(23)24-11-14-15(20)7-6-8-16(14)21;/h6-8,12-13H,9-11H2,1-5H3;1H2/t13-;/m1./s1. The zero-order chi connectivity index (χ0) is 19.2. The summed E-state index contributed by atoms with van der Waals surface area (Å²) in [6.45, 7) is 9.32. The zero-order valence-corrected chi connectivity index (χ0v) is 18.4. The fourth-order valence-corrected chi connectivity index (χ4v) is 2.85. The molecule has 0 amide bonds. The van der Waals surface area contributed by atoms with Crippen LogP contribution >= 0.6 is 36.7 Å². The highest BCUT2D eigenvalue weighted by Crippen LogP contribution is 2.26. The number of hydrogen-bond acceptors (Lipinski definition) is 4. The number of ether oxygens (including phenoxy) is 2. The molecule has 0 aliphatic heterocycles. The summed E-state index contributed by atoms with van der Waals surface area (Å²) in [7, 11) is 0. The third-order valence-electron chi connectivity index (χ3n) is 3.34. The topological polar surface area (TPSA) is 52.6 Å². The summed E-state index contributed by atoms with van der Waals surface area (Å²) in [5.41, 5.74) is -0.0335. The van der Waals surface area contributed by atoms with Gasteiger partial charge in [-0.05, 0) is 45.2 Å². The van der Waals surface area contributed by atoms with Crippen LogP contribution in [0.25, 0.3) is 0 Å². The molecule has 4 nitrogen and oxygen atoms in total. The predicted octanol–water partition coefficient (Wildman–Crippen LogP) is 5.54. The van der Waals surface area contributed by atoms with E-state index < -0.39 is 23.5 Å².